The summed E-state index contributed by atoms with van der Waals surface area (Å²) in [5, 5.41) is 2.99. The maximum Gasteiger partial charge on any atom is 0.223 e. The van der Waals surface area contributed by atoms with Crippen molar-refractivity contribution < 1.29 is 9.21 Å². The Labute approximate surface area is 103 Å². The van der Waals surface area contributed by atoms with Gasteiger partial charge in [-0.05, 0) is 38.4 Å². The van der Waals surface area contributed by atoms with Crippen LogP contribution in [0, 0.1) is 5.92 Å². The lowest BCUT2D eigenvalue weighted by molar-refractivity contribution is -0.125. The first-order valence-corrected chi connectivity index (χ1v) is 6.16. The van der Waals surface area contributed by atoms with Gasteiger partial charge in [-0.3, -0.25) is 4.79 Å². The van der Waals surface area contributed by atoms with E-state index in [2.05, 4.69) is 5.32 Å². The third kappa shape index (κ3) is 5.04. The largest absolute Gasteiger partial charge is 0.469 e. The van der Waals surface area contributed by atoms with Crippen molar-refractivity contribution in [3.8, 4) is 0 Å². The zero-order valence-electron chi connectivity index (χ0n) is 10.6. The van der Waals surface area contributed by atoms with Crippen LogP contribution in [0.25, 0.3) is 0 Å². The molecular weight excluding hydrogens is 216 g/mol. The van der Waals surface area contributed by atoms with Gasteiger partial charge in [0.25, 0.3) is 0 Å². The first-order valence-electron chi connectivity index (χ1n) is 6.16. The van der Waals surface area contributed by atoms with Crippen LogP contribution in [-0.4, -0.2) is 18.5 Å². The molecule has 0 saturated carbocycles. The van der Waals surface area contributed by atoms with Crippen LogP contribution >= 0.6 is 0 Å². The fraction of sp³-hybridized carbons (Fsp3) is 0.615. The molecule has 96 valence electrons. The lowest BCUT2D eigenvalue weighted by atomic mass is 10.0. The Morgan fingerprint density at radius 1 is 1.53 bits per heavy atom. The number of carbonyl (C=O) groups excluding carboxylic acids is 1. The van der Waals surface area contributed by atoms with Crippen LogP contribution in [0.15, 0.2) is 22.8 Å². The predicted octanol–water partition coefficient (Wildman–Crippen LogP) is 1.70. The molecular formula is C13H22N2O2. The van der Waals surface area contributed by atoms with Crippen molar-refractivity contribution in [2.75, 3.05) is 6.54 Å². The standard InChI is InChI=1S/C13H22N2O2/c1-10(5-3-7-14)13(16)15-11(2)9-12-6-4-8-17-12/h4,6,8,10-11H,3,5,7,9,14H2,1-2H3,(H,15,16). The monoisotopic (exact) mass is 238 g/mol. The van der Waals surface area contributed by atoms with Crippen molar-refractivity contribution in [2.24, 2.45) is 11.7 Å². The van der Waals surface area contributed by atoms with Crippen LogP contribution in [0.3, 0.4) is 0 Å². The molecule has 1 heterocycles. The molecule has 0 aliphatic carbocycles. The number of furan rings is 1. The van der Waals surface area contributed by atoms with Gasteiger partial charge < -0.3 is 15.5 Å². The van der Waals surface area contributed by atoms with Gasteiger partial charge in [-0.25, -0.2) is 0 Å². The van der Waals surface area contributed by atoms with E-state index in [-0.39, 0.29) is 17.9 Å². The molecule has 1 aromatic rings. The van der Waals surface area contributed by atoms with Crippen LogP contribution in [0.4, 0.5) is 0 Å². The molecule has 0 aliphatic heterocycles. The fourth-order valence-corrected chi connectivity index (χ4v) is 1.72. The lowest BCUT2D eigenvalue weighted by Gasteiger charge is -2.16. The van der Waals surface area contributed by atoms with Crippen molar-refractivity contribution in [1.29, 1.82) is 0 Å². The van der Waals surface area contributed by atoms with E-state index in [9.17, 15) is 4.79 Å². The van der Waals surface area contributed by atoms with Gasteiger partial charge in [-0.15, -0.1) is 0 Å². The molecule has 0 saturated heterocycles. The Morgan fingerprint density at radius 2 is 2.29 bits per heavy atom. The first-order chi connectivity index (χ1) is 8.13. The summed E-state index contributed by atoms with van der Waals surface area (Å²) < 4.78 is 5.24. The van der Waals surface area contributed by atoms with Gasteiger partial charge in [0, 0.05) is 18.4 Å². The van der Waals surface area contributed by atoms with Crippen molar-refractivity contribution in [2.45, 2.75) is 39.2 Å². The number of hydrogen-bond acceptors (Lipinski definition) is 3. The molecule has 1 aromatic heterocycles. The minimum Gasteiger partial charge on any atom is -0.469 e. The van der Waals surface area contributed by atoms with Crippen molar-refractivity contribution in [1.82, 2.24) is 5.32 Å². The summed E-state index contributed by atoms with van der Waals surface area (Å²) in [6.45, 7) is 4.56. The van der Waals surface area contributed by atoms with E-state index < -0.39 is 0 Å². The van der Waals surface area contributed by atoms with Crippen molar-refractivity contribution in [3.63, 3.8) is 0 Å². The highest BCUT2D eigenvalue weighted by Crippen LogP contribution is 2.07. The molecule has 4 heteroatoms. The molecule has 17 heavy (non-hydrogen) atoms. The average molecular weight is 238 g/mol. The molecule has 2 atom stereocenters. The van der Waals surface area contributed by atoms with Gasteiger partial charge in [-0.1, -0.05) is 6.92 Å². The third-order valence-electron chi connectivity index (χ3n) is 2.76. The van der Waals surface area contributed by atoms with Crippen LogP contribution in [0.2, 0.25) is 0 Å². The predicted molar refractivity (Wildman–Crippen MR) is 67.5 cm³/mol. The third-order valence-corrected chi connectivity index (χ3v) is 2.76. The van der Waals surface area contributed by atoms with Crippen LogP contribution in [0.1, 0.15) is 32.4 Å². The molecule has 0 radical (unpaired) electrons. The molecule has 0 aliphatic rings. The molecule has 2 unspecified atom stereocenters. The SMILES string of the molecule is CC(Cc1ccco1)NC(=O)C(C)CCCN. The minimum atomic E-state index is 0.0256. The second-order valence-electron chi connectivity index (χ2n) is 4.53. The number of nitrogens with one attached hydrogen (secondary N) is 1. The van der Waals surface area contributed by atoms with E-state index in [1.165, 1.54) is 0 Å². The summed E-state index contributed by atoms with van der Waals surface area (Å²) in [6, 6.07) is 3.86. The van der Waals surface area contributed by atoms with E-state index >= 15 is 0 Å². The highest BCUT2D eigenvalue weighted by molar-refractivity contribution is 5.78. The highest BCUT2D eigenvalue weighted by atomic mass is 16.3. The summed E-state index contributed by atoms with van der Waals surface area (Å²) in [7, 11) is 0. The number of hydrogen-bond donors (Lipinski definition) is 2. The Bertz CT molecular complexity index is 322. The van der Waals surface area contributed by atoms with E-state index in [0.29, 0.717) is 6.54 Å². The molecule has 0 spiro atoms. The van der Waals surface area contributed by atoms with Crippen LogP contribution < -0.4 is 11.1 Å². The summed E-state index contributed by atoms with van der Waals surface area (Å²) in [5.41, 5.74) is 5.42. The Balaban J connectivity index is 2.30. The van der Waals surface area contributed by atoms with Gasteiger partial charge in [0.1, 0.15) is 5.76 Å². The van der Waals surface area contributed by atoms with Gasteiger partial charge in [0.05, 0.1) is 6.26 Å². The van der Waals surface area contributed by atoms with E-state index in [1.54, 1.807) is 6.26 Å². The Kier molecular flexibility index (Phi) is 5.77. The quantitative estimate of drug-likeness (QED) is 0.759. The van der Waals surface area contributed by atoms with E-state index in [0.717, 1.165) is 25.0 Å². The Morgan fingerprint density at radius 3 is 2.88 bits per heavy atom. The van der Waals surface area contributed by atoms with Gasteiger partial charge >= 0.3 is 0 Å². The topological polar surface area (TPSA) is 68.3 Å². The first kappa shape index (κ1) is 13.8. The summed E-state index contributed by atoms with van der Waals surface area (Å²) in [5.74, 6) is 1.02. The smallest absolute Gasteiger partial charge is 0.223 e. The fourth-order valence-electron chi connectivity index (χ4n) is 1.72. The molecule has 3 N–H and O–H groups in total. The minimum absolute atomic E-state index is 0.0256. The number of nitrogens with two attached hydrogens (primary N) is 1. The van der Waals surface area contributed by atoms with Crippen molar-refractivity contribution in [3.05, 3.63) is 24.2 Å². The molecule has 1 rings (SSSR count). The summed E-state index contributed by atoms with van der Waals surface area (Å²) >= 11 is 0. The second-order valence-corrected chi connectivity index (χ2v) is 4.53. The normalized spacial score (nSPS) is 14.3. The van der Waals surface area contributed by atoms with E-state index in [1.807, 2.05) is 26.0 Å². The summed E-state index contributed by atoms with van der Waals surface area (Å²) in [4.78, 5) is 11.8. The van der Waals surface area contributed by atoms with Crippen LogP contribution in [0.5, 0.6) is 0 Å². The second kappa shape index (κ2) is 7.12. The van der Waals surface area contributed by atoms with Crippen LogP contribution in [-0.2, 0) is 11.2 Å². The zero-order valence-corrected chi connectivity index (χ0v) is 10.6. The maximum absolute atomic E-state index is 11.8. The van der Waals surface area contributed by atoms with E-state index in [4.69, 9.17) is 10.2 Å². The van der Waals surface area contributed by atoms with Gasteiger partial charge in [0.2, 0.25) is 5.91 Å². The maximum atomic E-state index is 11.8. The molecule has 0 aromatic carbocycles. The highest BCUT2D eigenvalue weighted by Gasteiger charge is 2.15. The van der Waals surface area contributed by atoms with Gasteiger partial charge in [0.15, 0.2) is 0 Å². The molecule has 0 bridgehead atoms. The number of amides is 1. The van der Waals surface area contributed by atoms with Crippen molar-refractivity contribution >= 4 is 5.91 Å². The Hall–Kier alpha value is -1.29. The molecule has 1 amide bonds. The molecule has 4 nitrogen and oxygen atoms in total. The number of carbonyl (C=O) groups is 1. The molecule has 0 fully saturated rings. The average Bonchev–Trinajstić information content (AvgIpc) is 2.78. The summed E-state index contributed by atoms with van der Waals surface area (Å²) in [6.07, 6.45) is 4.10. The lowest BCUT2D eigenvalue weighted by Crippen LogP contribution is -2.37. The zero-order chi connectivity index (χ0) is 12.7. The number of rotatable bonds is 7. The van der Waals surface area contributed by atoms with Gasteiger partial charge in [-0.2, -0.15) is 0 Å².